The zero-order valence-corrected chi connectivity index (χ0v) is 25.5. The van der Waals surface area contributed by atoms with E-state index in [1.54, 1.807) is 33.8 Å². The lowest BCUT2D eigenvalue weighted by Crippen LogP contribution is -2.85. The summed E-state index contributed by atoms with van der Waals surface area (Å²) in [6, 6.07) is 1.64. The van der Waals surface area contributed by atoms with Crippen LogP contribution in [0.2, 0.25) is 0 Å². The lowest BCUT2D eigenvalue weighted by Gasteiger charge is -2.75. The van der Waals surface area contributed by atoms with E-state index in [0.717, 1.165) is 0 Å². The van der Waals surface area contributed by atoms with Crippen molar-refractivity contribution in [2.24, 2.45) is 22.2 Å². The normalized spacial score (nSPS) is 43.0. The first-order valence-electron chi connectivity index (χ1n) is 14.3. The molecular weight excluding hydrogens is 564 g/mol. The van der Waals surface area contributed by atoms with E-state index in [4.69, 9.17) is 28.1 Å². The molecule has 2 saturated carbocycles. The number of cyclic esters (lactones) is 1. The Kier molecular flexibility index (Phi) is 7.18. The van der Waals surface area contributed by atoms with Crippen LogP contribution in [0.15, 0.2) is 35.2 Å². The summed E-state index contributed by atoms with van der Waals surface area (Å²) in [5.74, 6) is -3.52. The number of carbonyl (C=O) groups excluding carboxylic acids is 4. The molecule has 2 saturated heterocycles. The first kappa shape index (κ1) is 31.2. The van der Waals surface area contributed by atoms with Gasteiger partial charge in [0.25, 0.3) is 0 Å². The number of aliphatic hydroxyl groups is 2. The molecule has 3 heterocycles. The van der Waals surface area contributed by atoms with Crippen molar-refractivity contribution in [3.8, 4) is 0 Å². The van der Waals surface area contributed by atoms with Crippen molar-refractivity contribution in [3.05, 3.63) is 36.3 Å². The third-order valence-electron chi connectivity index (χ3n) is 10.9. The smallest absolute Gasteiger partial charge is 0.309 e. The molecule has 1 aromatic heterocycles. The van der Waals surface area contributed by atoms with Crippen LogP contribution in [0.1, 0.15) is 72.5 Å². The van der Waals surface area contributed by atoms with E-state index in [2.05, 4.69) is 6.58 Å². The highest BCUT2D eigenvalue weighted by Gasteiger charge is 2.82. The van der Waals surface area contributed by atoms with Gasteiger partial charge in [-0.25, -0.2) is 0 Å². The van der Waals surface area contributed by atoms with E-state index >= 15 is 0 Å². The van der Waals surface area contributed by atoms with Crippen molar-refractivity contribution in [1.82, 2.24) is 0 Å². The second-order valence-electron chi connectivity index (χ2n) is 13.4. The number of aliphatic hydroxyl groups excluding tert-OH is 1. The molecule has 236 valence electrons. The van der Waals surface area contributed by atoms with Crippen LogP contribution in [0, 0.1) is 22.2 Å². The van der Waals surface area contributed by atoms with Gasteiger partial charge < -0.3 is 38.3 Å². The first-order chi connectivity index (χ1) is 19.9. The van der Waals surface area contributed by atoms with Crippen molar-refractivity contribution >= 4 is 23.9 Å². The lowest BCUT2D eigenvalue weighted by atomic mass is 9.38. The van der Waals surface area contributed by atoms with Gasteiger partial charge in [-0.05, 0) is 24.0 Å². The number of furan rings is 1. The Bertz CT molecular complexity index is 1350. The predicted molar refractivity (Wildman–Crippen MR) is 146 cm³/mol. The van der Waals surface area contributed by atoms with E-state index in [0.29, 0.717) is 5.56 Å². The molecule has 43 heavy (non-hydrogen) atoms. The molecule has 2 aliphatic heterocycles. The highest BCUT2D eigenvalue weighted by molar-refractivity contribution is 5.75. The van der Waals surface area contributed by atoms with Gasteiger partial charge in [-0.3, -0.25) is 19.2 Å². The van der Waals surface area contributed by atoms with E-state index < -0.39 is 87.8 Å². The second-order valence-corrected chi connectivity index (χ2v) is 13.4. The summed E-state index contributed by atoms with van der Waals surface area (Å²) in [6.07, 6.45) is -4.10. The van der Waals surface area contributed by atoms with Crippen LogP contribution in [-0.4, -0.2) is 76.8 Å². The summed E-state index contributed by atoms with van der Waals surface area (Å²) in [5, 5.41) is 25.0. The van der Waals surface area contributed by atoms with E-state index in [-0.39, 0.29) is 24.8 Å². The quantitative estimate of drug-likeness (QED) is 0.287. The fourth-order valence-corrected chi connectivity index (χ4v) is 8.91. The first-order valence-corrected chi connectivity index (χ1v) is 14.3. The molecule has 12 nitrogen and oxygen atoms in total. The summed E-state index contributed by atoms with van der Waals surface area (Å²) in [5.41, 5.74) is -7.19. The monoisotopic (exact) mass is 604 g/mol. The van der Waals surface area contributed by atoms with Gasteiger partial charge in [0.1, 0.15) is 29.5 Å². The maximum atomic E-state index is 13.3. The molecule has 1 aromatic rings. The van der Waals surface area contributed by atoms with Gasteiger partial charge in [0.15, 0.2) is 6.10 Å². The predicted octanol–water partition coefficient (Wildman–Crippen LogP) is 2.55. The number of hydrogen-bond donors (Lipinski definition) is 2. The van der Waals surface area contributed by atoms with Gasteiger partial charge in [0.05, 0.1) is 32.2 Å². The minimum atomic E-state index is -2.18. The third-order valence-corrected chi connectivity index (χ3v) is 10.9. The number of ether oxygens (including phenoxy) is 5. The maximum absolute atomic E-state index is 13.3. The molecule has 1 spiro atoms. The van der Waals surface area contributed by atoms with Crippen molar-refractivity contribution in [3.63, 3.8) is 0 Å². The Morgan fingerprint density at radius 3 is 2.33 bits per heavy atom. The minimum Gasteiger partial charge on any atom is -0.472 e. The van der Waals surface area contributed by atoms with Gasteiger partial charge in [-0.1, -0.05) is 34.3 Å². The third kappa shape index (κ3) is 3.98. The summed E-state index contributed by atoms with van der Waals surface area (Å²) in [7, 11) is 1.23. The minimum absolute atomic E-state index is 0.0447. The fraction of sp³-hybridized carbons (Fsp3) is 0.677. The zero-order valence-electron chi connectivity index (χ0n) is 25.5. The molecule has 0 amide bonds. The fourth-order valence-electron chi connectivity index (χ4n) is 8.91. The summed E-state index contributed by atoms with van der Waals surface area (Å²) in [6.45, 7) is 13.6. The van der Waals surface area contributed by atoms with E-state index in [1.165, 1.54) is 33.5 Å². The van der Waals surface area contributed by atoms with Crippen LogP contribution in [0.3, 0.4) is 0 Å². The maximum Gasteiger partial charge on any atom is 0.309 e. The molecule has 0 aromatic carbocycles. The van der Waals surface area contributed by atoms with Gasteiger partial charge in [0.2, 0.25) is 0 Å². The summed E-state index contributed by atoms with van der Waals surface area (Å²) >= 11 is 0. The topological polar surface area (TPSA) is 168 Å². The Morgan fingerprint density at radius 1 is 1.12 bits per heavy atom. The second kappa shape index (κ2) is 9.90. The SMILES string of the molecule is C=C1C23CC(=O)OC(c4ccoc4)C2(C)CC(O)C1(O)C1(C)C(O3)C(OC(C)=O)C(OC(C)=O)C(C)(C)C1CC(=O)OC. The van der Waals surface area contributed by atoms with Crippen LogP contribution in [0.4, 0.5) is 0 Å². The highest BCUT2D eigenvalue weighted by Crippen LogP contribution is 2.73. The van der Waals surface area contributed by atoms with Crippen LogP contribution < -0.4 is 0 Å². The van der Waals surface area contributed by atoms with Crippen molar-refractivity contribution in [2.45, 2.75) is 103 Å². The summed E-state index contributed by atoms with van der Waals surface area (Å²) in [4.78, 5) is 51.3. The van der Waals surface area contributed by atoms with Crippen LogP contribution in [0.25, 0.3) is 0 Å². The Morgan fingerprint density at radius 2 is 1.77 bits per heavy atom. The summed E-state index contributed by atoms with van der Waals surface area (Å²) < 4.78 is 34.8. The molecule has 2 N–H and O–H groups in total. The molecule has 0 radical (unpaired) electrons. The van der Waals surface area contributed by atoms with Crippen molar-refractivity contribution in [1.29, 1.82) is 0 Å². The highest BCUT2D eigenvalue weighted by atomic mass is 16.6. The average molecular weight is 605 g/mol. The molecular formula is C31H40O12. The number of fused-ring (bicyclic) bond motifs is 3. The Balaban J connectivity index is 1.80. The van der Waals surface area contributed by atoms with Crippen molar-refractivity contribution < 1.29 is 57.5 Å². The molecule has 2 aliphatic carbocycles. The van der Waals surface area contributed by atoms with Crippen LogP contribution in [0.5, 0.6) is 0 Å². The molecule has 2 bridgehead atoms. The standard InChI is InChI=1S/C31H40O12/c1-15-30-13-22(36)42-24(18-9-10-39-14-18)28(30,6)12-20(34)31(15,37)29(7)19(11-21(35)38-8)27(4,5)25(41-17(3)33)23(26(29)43-30)40-16(2)32/h9-10,14,19-20,23-26,34,37H,1,11-13H2,2-8H3. The Labute approximate surface area is 249 Å². The van der Waals surface area contributed by atoms with Gasteiger partial charge >= 0.3 is 23.9 Å². The number of methoxy groups -OCH3 is 1. The molecule has 10 atom stereocenters. The lowest BCUT2D eigenvalue weighted by molar-refractivity contribution is -0.383. The number of esters is 4. The van der Waals surface area contributed by atoms with Gasteiger partial charge in [0, 0.05) is 42.1 Å². The molecule has 4 aliphatic rings. The van der Waals surface area contributed by atoms with E-state index in [9.17, 15) is 29.4 Å². The largest absolute Gasteiger partial charge is 0.472 e. The molecule has 5 rings (SSSR count). The average Bonchev–Trinajstić information content (AvgIpc) is 3.44. The number of rotatable bonds is 5. The molecule has 12 heteroatoms. The van der Waals surface area contributed by atoms with E-state index in [1.807, 2.05) is 0 Å². The van der Waals surface area contributed by atoms with Crippen LogP contribution >= 0.6 is 0 Å². The molecule has 10 unspecified atom stereocenters. The van der Waals surface area contributed by atoms with Crippen molar-refractivity contribution in [2.75, 3.05) is 7.11 Å². The number of carbonyl (C=O) groups is 4. The van der Waals surface area contributed by atoms with Crippen LogP contribution in [-0.2, 0) is 42.9 Å². The van der Waals surface area contributed by atoms with Gasteiger partial charge in [-0.2, -0.15) is 0 Å². The Hall–Kier alpha value is -3.22. The van der Waals surface area contributed by atoms with Gasteiger partial charge in [-0.15, -0.1) is 0 Å². The molecule has 4 fully saturated rings. The zero-order chi connectivity index (χ0) is 31.9. The number of hydrogen-bond acceptors (Lipinski definition) is 12.